The monoisotopic (exact) mass is 466 g/mol. The number of nitrogens with zero attached hydrogens (tertiary/aromatic N) is 2. The third-order valence-corrected chi connectivity index (χ3v) is 5.96. The van der Waals surface area contributed by atoms with Crippen LogP contribution in [0.5, 0.6) is 17.2 Å². The van der Waals surface area contributed by atoms with Gasteiger partial charge in [-0.3, -0.25) is 4.79 Å². The lowest BCUT2D eigenvalue weighted by atomic mass is 10.1. The van der Waals surface area contributed by atoms with Crippen molar-refractivity contribution >= 4 is 23.2 Å². The van der Waals surface area contributed by atoms with E-state index < -0.39 is 0 Å². The number of benzene rings is 3. The van der Waals surface area contributed by atoms with Gasteiger partial charge in [0.05, 0.1) is 14.2 Å². The van der Waals surface area contributed by atoms with Crippen LogP contribution in [0.25, 0.3) is 0 Å². The molecule has 172 valence electrons. The summed E-state index contributed by atoms with van der Waals surface area (Å²) < 4.78 is 16.7. The highest BCUT2D eigenvalue weighted by molar-refractivity contribution is 6.30. The number of amides is 1. The molecule has 0 unspecified atom stereocenters. The molecule has 1 aliphatic heterocycles. The van der Waals surface area contributed by atoms with E-state index in [1.165, 1.54) is 0 Å². The van der Waals surface area contributed by atoms with Crippen LogP contribution in [0.4, 0.5) is 5.69 Å². The van der Waals surface area contributed by atoms with E-state index in [1.807, 2.05) is 47.4 Å². The second kappa shape index (κ2) is 10.5. The van der Waals surface area contributed by atoms with Gasteiger partial charge in [0.25, 0.3) is 5.91 Å². The van der Waals surface area contributed by atoms with Crippen molar-refractivity contribution in [2.75, 3.05) is 45.3 Å². The molecule has 0 radical (unpaired) electrons. The molecule has 1 saturated heterocycles. The van der Waals surface area contributed by atoms with Crippen LogP contribution in [0.3, 0.4) is 0 Å². The SMILES string of the molecule is COc1cccc(N2CCN(C(=O)c3ccc(OCc4ccc(Cl)cc4)c(OC)c3)CC2)c1. The van der Waals surface area contributed by atoms with Crippen molar-refractivity contribution in [3.05, 3.63) is 82.9 Å². The van der Waals surface area contributed by atoms with E-state index in [1.54, 1.807) is 32.4 Å². The van der Waals surface area contributed by atoms with Crippen LogP contribution >= 0.6 is 11.6 Å². The van der Waals surface area contributed by atoms with Gasteiger partial charge in [0.15, 0.2) is 11.5 Å². The molecule has 33 heavy (non-hydrogen) atoms. The number of carbonyl (C=O) groups is 1. The predicted octanol–water partition coefficient (Wildman–Crippen LogP) is 4.90. The van der Waals surface area contributed by atoms with Gasteiger partial charge < -0.3 is 24.0 Å². The molecule has 1 aliphatic rings. The summed E-state index contributed by atoms with van der Waals surface area (Å²) >= 11 is 5.93. The summed E-state index contributed by atoms with van der Waals surface area (Å²) in [6.07, 6.45) is 0. The van der Waals surface area contributed by atoms with Gasteiger partial charge in [-0.15, -0.1) is 0 Å². The molecule has 1 fully saturated rings. The molecule has 0 saturated carbocycles. The lowest BCUT2D eigenvalue weighted by Crippen LogP contribution is -2.48. The predicted molar refractivity (Wildman–Crippen MR) is 130 cm³/mol. The Kier molecular flexibility index (Phi) is 7.25. The zero-order chi connectivity index (χ0) is 23.2. The number of hydrogen-bond acceptors (Lipinski definition) is 5. The van der Waals surface area contributed by atoms with E-state index in [2.05, 4.69) is 11.0 Å². The Morgan fingerprint density at radius 3 is 2.33 bits per heavy atom. The first-order valence-electron chi connectivity index (χ1n) is 10.8. The number of carbonyl (C=O) groups excluding carboxylic acids is 1. The minimum absolute atomic E-state index is 0.0113. The summed E-state index contributed by atoms with van der Waals surface area (Å²) in [5, 5.41) is 0.684. The van der Waals surface area contributed by atoms with Gasteiger partial charge >= 0.3 is 0 Å². The van der Waals surface area contributed by atoms with Gasteiger partial charge in [0, 0.05) is 48.5 Å². The lowest BCUT2D eigenvalue weighted by molar-refractivity contribution is 0.0746. The minimum atomic E-state index is -0.0113. The fourth-order valence-electron chi connectivity index (χ4n) is 3.82. The average molecular weight is 467 g/mol. The molecule has 1 heterocycles. The van der Waals surface area contributed by atoms with Crippen molar-refractivity contribution in [2.45, 2.75) is 6.61 Å². The number of methoxy groups -OCH3 is 2. The number of anilines is 1. The van der Waals surface area contributed by atoms with Gasteiger partial charge in [-0.05, 0) is 48.0 Å². The second-order valence-corrected chi connectivity index (χ2v) is 8.20. The van der Waals surface area contributed by atoms with Crippen molar-refractivity contribution in [1.82, 2.24) is 4.90 Å². The number of hydrogen-bond donors (Lipinski definition) is 0. The Balaban J connectivity index is 1.38. The smallest absolute Gasteiger partial charge is 0.254 e. The molecule has 0 spiro atoms. The third-order valence-electron chi connectivity index (χ3n) is 5.70. The Labute approximate surface area is 199 Å². The quantitative estimate of drug-likeness (QED) is 0.495. The standard InChI is InChI=1S/C26H27ClN2O4/c1-31-23-5-3-4-22(17-23)28-12-14-29(15-13-28)26(30)20-8-11-24(25(16-20)32-2)33-18-19-6-9-21(27)10-7-19/h3-11,16-17H,12-15,18H2,1-2H3. The van der Waals surface area contributed by atoms with Crippen LogP contribution in [0.2, 0.25) is 5.02 Å². The molecular formula is C26H27ClN2O4. The number of rotatable bonds is 7. The van der Waals surface area contributed by atoms with E-state index in [-0.39, 0.29) is 5.91 Å². The minimum Gasteiger partial charge on any atom is -0.497 e. The van der Waals surface area contributed by atoms with E-state index in [9.17, 15) is 4.79 Å². The molecule has 3 aromatic rings. The lowest BCUT2D eigenvalue weighted by Gasteiger charge is -2.36. The molecule has 0 aromatic heterocycles. The molecule has 1 amide bonds. The van der Waals surface area contributed by atoms with Crippen LogP contribution in [0, 0.1) is 0 Å². The Morgan fingerprint density at radius 1 is 0.879 bits per heavy atom. The second-order valence-electron chi connectivity index (χ2n) is 7.76. The van der Waals surface area contributed by atoms with Crippen LogP contribution in [0.1, 0.15) is 15.9 Å². The van der Waals surface area contributed by atoms with E-state index in [0.717, 1.165) is 30.1 Å². The summed E-state index contributed by atoms with van der Waals surface area (Å²) in [4.78, 5) is 17.3. The number of ether oxygens (including phenoxy) is 3. The first-order chi connectivity index (χ1) is 16.1. The molecule has 6 nitrogen and oxygen atoms in total. The van der Waals surface area contributed by atoms with Crippen LogP contribution in [-0.2, 0) is 6.61 Å². The Hall–Kier alpha value is -3.38. The largest absolute Gasteiger partial charge is 0.497 e. The average Bonchev–Trinajstić information content (AvgIpc) is 2.88. The van der Waals surface area contributed by atoms with Gasteiger partial charge in [-0.25, -0.2) is 0 Å². The highest BCUT2D eigenvalue weighted by Gasteiger charge is 2.23. The highest BCUT2D eigenvalue weighted by Crippen LogP contribution is 2.30. The van der Waals surface area contributed by atoms with Crippen molar-refractivity contribution in [3.63, 3.8) is 0 Å². The molecule has 7 heteroatoms. The fourth-order valence-corrected chi connectivity index (χ4v) is 3.95. The third kappa shape index (κ3) is 5.52. The molecule has 0 bridgehead atoms. The van der Waals surface area contributed by atoms with Gasteiger partial charge in [0.2, 0.25) is 0 Å². The number of piperazine rings is 1. The topological polar surface area (TPSA) is 51.2 Å². The zero-order valence-corrected chi connectivity index (χ0v) is 19.5. The van der Waals surface area contributed by atoms with Crippen molar-refractivity contribution < 1.29 is 19.0 Å². The van der Waals surface area contributed by atoms with Crippen LogP contribution in [-0.4, -0.2) is 51.2 Å². The summed E-state index contributed by atoms with van der Waals surface area (Å²) in [5.41, 5.74) is 2.68. The van der Waals surface area contributed by atoms with Gasteiger partial charge in [-0.1, -0.05) is 29.8 Å². The molecule has 4 rings (SSSR count). The number of halogens is 1. The van der Waals surface area contributed by atoms with E-state index >= 15 is 0 Å². The van der Waals surface area contributed by atoms with E-state index in [4.69, 9.17) is 25.8 Å². The van der Waals surface area contributed by atoms with Crippen LogP contribution < -0.4 is 19.1 Å². The molecule has 0 aliphatic carbocycles. The van der Waals surface area contributed by atoms with Crippen LogP contribution in [0.15, 0.2) is 66.7 Å². The van der Waals surface area contributed by atoms with Gasteiger partial charge in [-0.2, -0.15) is 0 Å². The van der Waals surface area contributed by atoms with Gasteiger partial charge in [0.1, 0.15) is 12.4 Å². The van der Waals surface area contributed by atoms with E-state index in [0.29, 0.717) is 41.8 Å². The highest BCUT2D eigenvalue weighted by atomic mass is 35.5. The summed E-state index contributed by atoms with van der Waals surface area (Å²) in [7, 11) is 3.24. The molecule has 0 N–H and O–H groups in total. The summed E-state index contributed by atoms with van der Waals surface area (Å²) in [5.74, 6) is 1.94. The van der Waals surface area contributed by atoms with Crippen molar-refractivity contribution in [2.24, 2.45) is 0 Å². The first kappa shape index (κ1) is 22.8. The summed E-state index contributed by atoms with van der Waals surface area (Å²) in [6, 6.07) is 20.8. The maximum Gasteiger partial charge on any atom is 0.254 e. The zero-order valence-electron chi connectivity index (χ0n) is 18.8. The first-order valence-corrected chi connectivity index (χ1v) is 11.2. The maximum atomic E-state index is 13.1. The molecule has 3 aromatic carbocycles. The maximum absolute atomic E-state index is 13.1. The molecule has 0 atom stereocenters. The van der Waals surface area contributed by atoms with Crippen molar-refractivity contribution in [3.8, 4) is 17.2 Å². The fraction of sp³-hybridized carbons (Fsp3) is 0.269. The molecular weight excluding hydrogens is 440 g/mol. The normalized spacial score (nSPS) is 13.5. The Morgan fingerprint density at radius 2 is 1.64 bits per heavy atom. The summed E-state index contributed by atoms with van der Waals surface area (Å²) in [6.45, 7) is 3.20. The Bertz CT molecular complexity index is 1100. The van der Waals surface area contributed by atoms with Crippen molar-refractivity contribution in [1.29, 1.82) is 0 Å².